The Balaban J connectivity index is 2.18. The number of piperidine rings is 1. The molecule has 20 heavy (non-hydrogen) atoms. The summed E-state index contributed by atoms with van der Waals surface area (Å²) in [7, 11) is 0. The smallest absolute Gasteiger partial charge is 0.117 e. The number of nitrogens with zero attached hydrogens (tertiary/aromatic N) is 2. The molecule has 1 unspecified atom stereocenters. The van der Waals surface area contributed by atoms with E-state index >= 15 is 0 Å². The first-order valence-corrected chi connectivity index (χ1v) is 8.36. The molecule has 1 aromatic heterocycles. The fourth-order valence-corrected chi connectivity index (χ4v) is 3.80. The van der Waals surface area contributed by atoms with Crippen molar-refractivity contribution in [3.63, 3.8) is 0 Å². The Kier molecular flexibility index (Phi) is 3.87. The number of benzene rings is 1. The van der Waals surface area contributed by atoms with Crippen LogP contribution in [0.5, 0.6) is 0 Å². The van der Waals surface area contributed by atoms with Crippen molar-refractivity contribution in [2.45, 2.75) is 45.1 Å². The van der Waals surface area contributed by atoms with Gasteiger partial charge in [-0.25, -0.2) is 4.98 Å². The third kappa shape index (κ3) is 2.19. The topological polar surface area (TPSA) is 29.9 Å². The SMILES string of the molecule is CCn1c(C2(CC)CCCNC2)nc2cc(Br)ccc21. The molecule has 1 fully saturated rings. The Morgan fingerprint density at radius 1 is 1.40 bits per heavy atom. The summed E-state index contributed by atoms with van der Waals surface area (Å²) in [6.07, 6.45) is 3.62. The van der Waals surface area contributed by atoms with Crippen molar-refractivity contribution in [2.24, 2.45) is 0 Å². The van der Waals surface area contributed by atoms with Crippen molar-refractivity contribution in [1.82, 2.24) is 14.9 Å². The van der Waals surface area contributed by atoms with Gasteiger partial charge >= 0.3 is 0 Å². The molecule has 2 aromatic rings. The van der Waals surface area contributed by atoms with Gasteiger partial charge in [0.05, 0.1) is 11.0 Å². The van der Waals surface area contributed by atoms with Gasteiger partial charge in [0.15, 0.2) is 0 Å². The molecule has 3 nitrogen and oxygen atoms in total. The number of rotatable bonds is 3. The van der Waals surface area contributed by atoms with Crippen molar-refractivity contribution in [1.29, 1.82) is 0 Å². The molecule has 1 aliphatic heterocycles. The van der Waals surface area contributed by atoms with Gasteiger partial charge in [0.2, 0.25) is 0 Å². The number of halogens is 1. The maximum Gasteiger partial charge on any atom is 0.117 e. The lowest BCUT2D eigenvalue weighted by molar-refractivity contribution is 0.280. The summed E-state index contributed by atoms with van der Waals surface area (Å²) in [5.74, 6) is 1.27. The van der Waals surface area contributed by atoms with Crippen LogP contribution in [0, 0.1) is 0 Å². The summed E-state index contributed by atoms with van der Waals surface area (Å²) < 4.78 is 3.50. The summed E-state index contributed by atoms with van der Waals surface area (Å²) in [5, 5.41) is 3.57. The highest BCUT2D eigenvalue weighted by Gasteiger charge is 2.36. The second-order valence-electron chi connectivity index (χ2n) is 5.73. The van der Waals surface area contributed by atoms with Gasteiger partial charge in [-0.3, -0.25) is 0 Å². The van der Waals surface area contributed by atoms with Crippen LogP contribution in [0.2, 0.25) is 0 Å². The lowest BCUT2D eigenvalue weighted by atomic mass is 9.77. The molecule has 0 aliphatic carbocycles. The zero-order valence-corrected chi connectivity index (χ0v) is 13.8. The molecule has 1 atom stereocenters. The average molecular weight is 336 g/mol. The molecule has 1 aromatic carbocycles. The van der Waals surface area contributed by atoms with Gasteiger partial charge in [-0.2, -0.15) is 0 Å². The standard InChI is InChI=1S/C16H22BrN3/c1-3-16(8-5-9-18-11-16)15-19-13-10-12(17)6-7-14(13)20(15)4-2/h6-7,10,18H,3-5,8-9,11H2,1-2H3. The Bertz CT molecular complexity index is 611. The third-order valence-electron chi connectivity index (χ3n) is 4.65. The normalized spacial score (nSPS) is 23.4. The fourth-order valence-electron chi connectivity index (χ4n) is 3.45. The zero-order chi connectivity index (χ0) is 14.2. The number of aromatic nitrogens is 2. The van der Waals surface area contributed by atoms with Gasteiger partial charge in [-0.15, -0.1) is 0 Å². The molecule has 2 heterocycles. The molecule has 3 rings (SSSR count). The molecule has 0 spiro atoms. The van der Waals surface area contributed by atoms with Crippen LogP contribution in [0.1, 0.15) is 38.9 Å². The Hall–Kier alpha value is -0.870. The first-order chi connectivity index (χ1) is 9.70. The molecule has 1 aliphatic rings. The number of hydrogen-bond acceptors (Lipinski definition) is 2. The van der Waals surface area contributed by atoms with E-state index in [-0.39, 0.29) is 5.41 Å². The van der Waals surface area contributed by atoms with Crippen LogP contribution in [0.15, 0.2) is 22.7 Å². The molecule has 0 saturated carbocycles. The van der Waals surface area contributed by atoms with Crippen LogP contribution in [0.25, 0.3) is 11.0 Å². The maximum absolute atomic E-state index is 5.00. The minimum atomic E-state index is 0.194. The predicted octanol–water partition coefficient (Wildman–Crippen LogP) is 3.85. The molecular formula is C16H22BrN3. The minimum absolute atomic E-state index is 0.194. The average Bonchev–Trinajstić information content (AvgIpc) is 2.86. The second kappa shape index (κ2) is 5.49. The van der Waals surface area contributed by atoms with Crippen LogP contribution in [-0.4, -0.2) is 22.6 Å². The van der Waals surface area contributed by atoms with Crippen LogP contribution >= 0.6 is 15.9 Å². The van der Waals surface area contributed by atoms with E-state index in [1.54, 1.807) is 0 Å². The lowest BCUT2D eigenvalue weighted by Gasteiger charge is -2.36. The fraction of sp³-hybridized carbons (Fsp3) is 0.562. The van der Waals surface area contributed by atoms with Crippen molar-refractivity contribution in [3.8, 4) is 0 Å². The summed E-state index contributed by atoms with van der Waals surface area (Å²) in [6.45, 7) is 7.68. The summed E-state index contributed by atoms with van der Waals surface area (Å²) in [5.41, 5.74) is 2.55. The maximum atomic E-state index is 5.00. The van der Waals surface area contributed by atoms with Gasteiger partial charge in [-0.05, 0) is 50.9 Å². The molecule has 1 N–H and O–H groups in total. The third-order valence-corrected chi connectivity index (χ3v) is 5.14. The van der Waals surface area contributed by atoms with E-state index in [4.69, 9.17) is 4.98 Å². The number of nitrogens with one attached hydrogen (secondary N) is 1. The highest BCUT2D eigenvalue weighted by molar-refractivity contribution is 9.10. The van der Waals surface area contributed by atoms with E-state index in [0.717, 1.165) is 36.0 Å². The molecule has 0 bridgehead atoms. The van der Waals surface area contributed by atoms with Crippen molar-refractivity contribution < 1.29 is 0 Å². The van der Waals surface area contributed by atoms with E-state index in [2.05, 4.69) is 57.9 Å². The molecule has 1 saturated heterocycles. The van der Waals surface area contributed by atoms with Crippen molar-refractivity contribution in [3.05, 3.63) is 28.5 Å². The minimum Gasteiger partial charge on any atom is -0.328 e. The van der Waals surface area contributed by atoms with Crippen molar-refractivity contribution >= 4 is 27.0 Å². The van der Waals surface area contributed by atoms with E-state index in [0.29, 0.717) is 0 Å². The zero-order valence-electron chi connectivity index (χ0n) is 12.2. The summed E-state index contributed by atoms with van der Waals surface area (Å²) >= 11 is 3.55. The van der Waals surface area contributed by atoms with Gasteiger partial charge in [-0.1, -0.05) is 22.9 Å². The van der Waals surface area contributed by atoms with Crippen LogP contribution < -0.4 is 5.32 Å². The van der Waals surface area contributed by atoms with Crippen molar-refractivity contribution in [2.75, 3.05) is 13.1 Å². The van der Waals surface area contributed by atoms with Gasteiger partial charge in [0.25, 0.3) is 0 Å². The monoisotopic (exact) mass is 335 g/mol. The van der Waals surface area contributed by atoms with E-state index in [9.17, 15) is 0 Å². The number of aryl methyl sites for hydroxylation is 1. The molecule has 4 heteroatoms. The Labute approximate surface area is 128 Å². The van der Waals surface area contributed by atoms with Crippen LogP contribution in [0.3, 0.4) is 0 Å². The second-order valence-corrected chi connectivity index (χ2v) is 6.64. The van der Waals surface area contributed by atoms with Crippen LogP contribution in [-0.2, 0) is 12.0 Å². The number of hydrogen-bond donors (Lipinski definition) is 1. The van der Waals surface area contributed by atoms with E-state index < -0.39 is 0 Å². The predicted molar refractivity (Wildman–Crippen MR) is 87.2 cm³/mol. The lowest BCUT2D eigenvalue weighted by Crippen LogP contribution is -2.44. The van der Waals surface area contributed by atoms with Gasteiger partial charge in [0, 0.05) is 23.0 Å². The molecular weight excluding hydrogens is 314 g/mol. The quantitative estimate of drug-likeness (QED) is 0.923. The molecule has 0 amide bonds. The summed E-state index contributed by atoms with van der Waals surface area (Å²) in [6, 6.07) is 6.42. The highest BCUT2D eigenvalue weighted by Crippen LogP contribution is 2.36. The largest absolute Gasteiger partial charge is 0.328 e. The Morgan fingerprint density at radius 2 is 2.25 bits per heavy atom. The van der Waals surface area contributed by atoms with E-state index in [1.165, 1.54) is 24.2 Å². The van der Waals surface area contributed by atoms with Gasteiger partial charge in [0.1, 0.15) is 5.82 Å². The van der Waals surface area contributed by atoms with E-state index in [1.807, 2.05) is 0 Å². The number of fused-ring (bicyclic) bond motifs is 1. The van der Waals surface area contributed by atoms with Gasteiger partial charge < -0.3 is 9.88 Å². The number of imidazole rings is 1. The highest BCUT2D eigenvalue weighted by atomic mass is 79.9. The summed E-state index contributed by atoms with van der Waals surface area (Å²) in [4.78, 5) is 5.00. The molecule has 0 radical (unpaired) electrons. The van der Waals surface area contributed by atoms with Crippen LogP contribution in [0.4, 0.5) is 0 Å². The molecule has 108 valence electrons. The Morgan fingerprint density at radius 3 is 2.90 bits per heavy atom. The first-order valence-electron chi connectivity index (χ1n) is 7.57. The first kappa shape index (κ1) is 14.1.